The minimum Gasteiger partial charge on any atom is -0.264 e. The third kappa shape index (κ3) is 3.84. The SMILES string of the molecule is CCOOCCn1nc(C(F)(F)F)c(Cl)c1CBr. The molecule has 0 spiro atoms. The van der Waals surface area contributed by atoms with Gasteiger partial charge in [0, 0.05) is 5.33 Å². The maximum absolute atomic E-state index is 12.6. The Kier molecular flexibility index (Phi) is 5.90. The first kappa shape index (κ1) is 15.7. The van der Waals surface area contributed by atoms with Gasteiger partial charge in [-0.1, -0.05) is 27.5 Å². The molecule has 18 heavy (non-hydrogen) atoms. The predicted molar refractivity (Wildman–Crippen MR) is 62.4 cm³/mol. The topological polar surface area (TPSA) is 36.3 Å². The van der Waals surface area contributed by atoms with E-state index in [4.69, 9.17) is 16.5 Å². The standard InChI is InChI=1S/C9H11BrClF3N2O2/c1-2-17-18-4-3-16-6(5-10)7(11)8(15-16)9(12,13)14/h2-5H2,1H3. The second kappa shape index (κ2) is 6.74. The van der Waals surface area contributed by atoms with E-state index in [9.17, 15) is 13.2 Å². The van der Waals surface area contributed by atoms with Crippen LogP contribution in [0.4, 0.5) is 13.2 Å². The number of nitrogens with zero attached hydrogens (tertiary/aromatic N) is 2. The Bertz CT molecular complexity index is 398. The smallest absolute Gasteiger partial charge is 0.264 e. The highest BCUT2D eigenvalue weighted by atomic mass is 79.9. The molecule has 104 valence electrons. The molecule has 0 aromatic carbocycles. The van der Waals surface area contributed by atoms with Crippen LogP contribution in [-0.2, 0) is 27.8 Å². The fraction of sp³-hybridized carbons (Fsp3) is 0.667. The van der Waals surface area contributed by atoms with E-state index in [2.05, 4.69) is 25.9 Å². The first-order valence-electron chi connectivity index (χ1n) is 5.04. The van der Waals surface area contributed by atoms with Crippen LogP contribution in [0.2, 0.25) is 5.02 Å². The molecular formula is C9H11BrClF3N2O2. The molecule has 0 radical (unpaired) electrons. The Balaban J connectivity index is 2.84. The maximum Gasteiger partial charge on any atom is 0.436 e. The molecule has 4 nitrogen and oxygen atoms in total. The Hall–Kier alpha value is -0.310. The van der Waals surface area contributed by atoms with Gasteiger partial charge in [0.05, 0.1) is 23.9 Å². The third-order valence-electron chi connectivity index (χ3n) is 1.98. The van der Waals surface area contributed by atoms with Crippen molar-refractivity contribution in [3.63, 3.8) is 0 Å². The van der Waals surface area contributed by atoms with E-state index in [-0.39, 0.29) is 24.2 Å². The Labute approximate surface area is 115 Å². The van der Waals surface area contributed by atoms with Crippen molar-refractivity contribution in [2.75, 3.05) is 13.2 Å². The lowest BCUT2D eigenvalue weighted by Crippen LogP contribution is -2.12. The van der Waals surface area contributed by atoms with Crippen LogP contribution < -0.4 is 0 Å². The summed E-state index contributed by atoms with van der Waals surface area (Å²) in [5.74, 6) is 0. The van der Waals surface area contributed by atoms with Gasteiger partial charge in [-0.25, -0.2) is 9.78 Å². The number of hydrogen-bond donors (Lipinski definition) is 0. The van der Waals surface area contributed by atoms with Crippen LogP contribution in [0.5, 0.6) is 0 Å². The van der Waals surface area contributed by atoms with Gasteiger partial charge in [-0.2, -0.15) is 18.3 Å². The predicted octanol–water partition coefficient (Wildman–Crippen LogP) is 3.42. The van der Waals surface area contributed by atoms with E-state index >= 15 is 0 Å². The molecule has 0 bridgehead atoms. The summed E-state index contributed by atoms with van der Waals surface area (Å²) in [7, 11) is 0. The normalized spacial score (nSPS) is 12.1. The van der Waals surface area contributed by atoms with Crippen molar-refractivity contribution in [1.82, 2.24) is 9.78 Å². The zero-order chi connectivity index (χ0) is 13.8. The molecular weight excluding hydrogens is 340 g/mol. The molecule has 1 rings (SSSR count). The molecule has 0 saturated heterocycles. The fourth-order valence-corrected chi connectivity index (χ4v) is 2.28. The molecule has 0 unspecified atom stereocenters. The van der Waals surface area contributed by atoms with Crippen molar-refractivity contribution in [3.05, 3.63) is 16.4 Å². The minimum atomic E-state index is -4.57. The van der Waals surface area contributed by atoms with Gasteiger partial charge in [-0.3, -0.25) is 4.68 Å². The largest absolute Gasteiger partial charge is 0.436 e. The Morgan fingerprint density at radius 2 is 2.06 bits per heavy atom. The summed E-state index contributed by atoms with van der Waals surface area (Å²) in [5, 5.41) is 3.22. The molecule has 9 heteroatoms. The van der Waals surface area contributed by atoms with Crippen molar-refractivity contribution in [2.24, 2.45) is 0 Å². The summed E-state index contributed by atoms with van der Waals surface area (Å²) >= 11 is 8.73. The lowest BCUT2D eigenvalue weighted by atomic mass is 10.3. The van der Waals surface area contributed by atoms with Crippen molar-refractivity contribution in [1.29, 1.82) is 0 Å². The second-order valence-electron chi connectivity index (χ2n) is 3.19. The summed E-state index contributed by atoms with van der Waals surface area (Å²) < 4.78 is 38.9. The average Bonchev–Trinajstić information content (AvgIpc) is 2.61. The van der Waals surface area contributed by atoms with Crippen molar-refractivity contribution < 1.29 is 22.9 Å². The van der Waals surface area contributed by atoms with Crippen LogP contribution in [0.1, 0.15) is 18.3 Å². The molecule has 0 amide bonds. The first-order chi connectivity index (χ1) is 8.41. The highest BCUT2D eigenvalue weighted by Gasteiger charge is 2.38. The van der Waals surface area contributed by atoms with Gasteiger partial charge in [0.2, 0.25) is 0 Å². The van der Waals surface area contributed by atoms with Crippen LogP contribution in [0, 0.1) is 0 Å². The van der Waals surface area contributed by atoms with E-state index in [1.54, 1.807) is 6.92 Å². The molecule has 1 heterocycles. The number of rotatable bonds is 6. The van der Waals surface area contributed by atoms with Crippen LogP contribution >= 0.6 is 27.5 Å². The summed E-state index contributed by atoms with van der Waals surface area (Å²) in [6.07, 6.45) is -4.57. The summed E-state index contributed by atoms with van der Waals surface area (Å²) in [5.41, 5.74) is -0.834. The highest BCUT2D eigenvalue weighted by molar-refractivity contribution is 9.08. The van der Waals surface area contributed by atoms with Gasteiger partial charge in [0.1, 0.15) is 6.61 Å². The van der Waals surface area contributed by atoms with Gasteiger partial charge >= 0.3 is 6.18 Å². The van der Waals surface area contributed by atoms with Gasteiger partial charge in [0.25, 0.3) is 0 Å². The molecule has 1 aromatic heterocycles. The van der Waals surface area contributed by atoms with Gasteiger partial charge in [-0.15, -0.1) is 0 Å². The first-order valence-corrected chi connectivity index (χ1v) is 6.54. The van der Waals surface area contributed by atoms with E-state index in [1.807, 2.05) is 0 Å². The number of aromatic nitrogens is 2. The van der Waals surface area contributed by atoms with Crippen molar-refractivity contribution in [2.45, 2.75) is 25.0 Å². The Morgan fingerprint density at radius 1 is 1.39 bits per heavy atom. The van der Waals surface area contributed by atoms with Gasteiger partial charge in [0.15, 0.2) is 5.69 Å². The van der Waals surface area contributed by atoms with Crippen LogP contribution in [0.3, 0.4) is 0 Å². The number of halogens is 5. The maximum atomic E-state index is 12.6. The van der Waals surface area contributed by atoms with Gasteiger partial charge in [-0.05, 0) is 6.92 Å². The fourth-order valence-electron chi connectivity index (χ4n) is 1.23. The molecule has 0 aliphatic carbocycles. The quantitative estimate of drug-likeness (QED) is 0.341. The molecule has 0 atom stereocenters. The van der Waals surface area contributed by atoms with E-state index in [0.29, 0.717) is 6.61 Å². The zero-order valence-corrected chi connectivity index (χ0v) is 11.8. The minimum absolute atomic E-state index is 0.0865. The molecule has 0 N–H and O–H groups in total. The Morgan fingerprint density at radius 3 is 2.56 bits per heavy atom. The lowest BCUT2D eigenvalue weighted by Gasteiger charge is -2.05. The van der Waals surface area contributed by atoms with Gasteiger partial charge < -0.3 is 0 Å². The van der Waals surface area contributed by atoms with Crippen LogP contribution in [0.15, 0.2) is 0 Å². The molecule has 1 aromatic rings. The van der Waals surface area contributed by atoms with Crippen molar-refractivity contribution >= 4 is 27.5 Å². The van der Waals surface area contributed by atoms with Crippen LogP contribution in [0.25, 0.3) is 0 Å². The number of alkyl halides is 4. The molecule has 0 aliphatic heterocycles. The summed E-state index contributed by atoms with van der Waals surface area (Å²) in [4.78, 5) is 9.35. The van der Waals surface area contributed by atoms with Crippen LogP contribution in [-0.4, -0.2) is 23.0 Å². The van der Waals surface area contributed by atoms with Crippen molar-refractivity contribution in [3.8, 4) is 0 Å². The monoisotopic (exact) mass is 350 g/mol. The molecule has 0 fully saturated rings. The van der Waals surface area contributed by atoms with E-state index < -0.39 is 16.9 Å². The third-order valence-corrected chi connectivity index (χ3v) is 2.90. The molecule has 0 saturated carbocycles. The summed E-state index contributed by atoms with van der Waals surface area (Å²) in [6.45, 7) is 2.30. The van der Waals surface area contributed by atoms with E-state index in [1.165, 1.54) is 0 Å². The highest BCUT2D eigenvalue weighted by Crippen LogP contribution is 2.36. The summed E-state index contributed by atoms with van der Waals surface area (Å²) in [6, 6.07) is 0. The molecule has 0 aliphatic rings. The lowest BCUT2D eigenvalue weighted by molar-refractivity contribution is -0.292. The average molecular weight is 352 g/mol. The number of hydrogen-bond acceptors (Lipinski definition) is 3. The van der Waals surface area contributed by atoms with E-state index in [0.717, 1.165) is 4.68 Å². The second-order valence-corrected chi connectivity index (χ2v) is 4.13. The zero-order valence-electron chi connectivity index (χ0n) is 9.43.